The molecule has 0 bridgehead atoms. The van der Waals surface area contributed by atoms with E-state index in [2.05, 4.69) is 26.1 Å². The molecule has 19 heavy (non-hydrogen) atoms. The van der Waals surface area contributed by atoms with Gasteiger partial charge in [-0.2, -0.15) is 0 Å². The lowest BCUT2D eigenvalue weighted by Gasteiger charge is -2.14. The fourth-order valence-corrected chi connectivity index (χ4v) is 3.16. The Bertz CT molecular complexity index is 427. The van der Waals surface area contributed by atoms with Gasteiger partial charge in [0.05, 0.1) is 0 Å². The molecule has 1 saturated heterocycles. The highest BCUT2D eigenvalue weighted by Crippen LogP contribution is 2.19. The molecule has 0 atom stereocenters. The smallest absolute Gasteiger partial charge is 0.251 e. The lowest BCUT2D eigenvalue weighted by molar-refractivity contribution is 0.0952. The van der Waals surface area contributed by atoms with E-state index < -0.39 is 0 Å². The summed E-state index contributed by atoms with van der Waals surface area (Å²) in [6, 6.07) is 5.23. The highest BCUT2D eigenvalue weighted by molar-refractivity contribution is 9.10. The van der Waals surface area contributed by atoms with E-state index in [1.165, 1.54) is 25.9 Å². The fourth-order valence-electron chi connectivity index (χ4n) is 2.30. The Morgan fingerprint density at radius 2 is 2.05 bits per heavy atom. The minimum absolute atomic E-state index is 0.0652. The molecule has 0 aromatic heterocycles. The first-order valence-electron chi connectivity index (χ1n) is 6.62. The summed E-state index contributed by atoms with van der Waals surface area (Å²) in [5.74, 6) is -0.0652. The molecule has 1 fully saturated rings. The number of carbonyl (C=O) groups is 1. The average molecular weight is 346 g/mol. The van der Waals surface area contributed by atoms with Gasteiger partial charge in [0.1, 0.15) is 0 Å². The van der Waals surface area contributed by atoms with Crippen molar-refractivity contribution in [3.8, 4) is 0 Å². The lowest BCUT2D eigenvalue weighted by atomic mass is 10.2. The van der Waals surface area contributed by atoms with Crippen LogP contribution in [0.5, 0.6) is 0 Å². The van der Waals surface area contributed by atoms with Gasteiger partial charge < -0.3 is 10.2 Å². The Labute approximate surface area is 127 Å². The summed E-state index contributed by atoms with van der Waals surface area (Å²) < 4.78 is 0.821. The van der Waals surface area contributed by atoms with Crippen molar-refractivity contribution in [3.63, 3.8) is 0 Å². The number of rotatable bonds is 5. The molecular formula is C14H18BrClN2O. The molecule has 1 aromatic carbocycles. The Hall–Kier alpha value is -0.580. The van der Waals surface area contributed by atoms with Crippen LogP contribution in [0.15, 0.2) is 22.7 Å². The van der Waals surface area contributed by atoms with Crippen LogP contribution in [-0.2, 0) is 0 Å². The van der Waals surface area contributed by atoms with Crippen LogP contribution in [0.4, 0.5) is 0 Å². The molecule has 3 nitrogen and oxygen atoms in total. The normalized spacial score (nSPS) is 15.7. The van der Waals surface area contributed by atoms with Gasteiger partial charge in [0.15, 0.2) is 0 Å². The van der Waals surface area contributed by atoms with Gasteiger partial charge in [-0.1, -0.05) is 27.5 Å². The summed E-state index contributed by atoms with van der Waals surface area (Å²) in [5.41, 5.74) is 0.598. The number of benzene rings is 1. The molecule has 0 aliphatic carbocycles. The molecule has 0 spiro atoms. The number of hydrogen-bond donors (Lipinski definition) is 1. The van der Waals surface area contributed by atoms with Crippen LogP contribution in [0, 0.1) is 0 Å². The maximum absolute atomic E-state index is 11.9. The highest BCUT2D eigenvalue weighted by Gasteiger charge is 2.11. The van der Waals surface area contributed by atoms with Crippen molar-refractivity contribution in [3.05, 3.63) is 33.3 Å². The predicted molar refractivity (Wildman–Crippen MR) is 81.8 cm³/mol. The Balaban J connectivity index is 1.74. The maximum atomic E-state index is 11.9. The van der Waals surface area contributed by atoms with E-state index in [9.17, 15) is 4.79 Å². The zero-order chi connectivity index (χ0) is 13.7. The third-order valence-corrected chi connectivity index (χ3v) is 3.94. The largest absolute Gasteiger partial charge is 0.352 e. The summed E-state index contributed by atoms with van der Waals surface area (Å²) in [6.07, 6.45) is 3.61. The first-order valence-corrected chi connectivity index (χ1v) is 7.79. The first kappa shape index (κ1) is 14.8. The van der Waals surface area contributed by atoms with E-state index in [1.54, 1.807) is 18.2 Å². The van der Waals surface area contributed by atoms with Crippen LogP contribution in [-0.4, -0.2) is 37.0 Å². The summed E-state index contributed by atoms with van der Waals surface area (Å²) in [7, 11) is 0. The Kier molecular flexibility index (Phi) is 5.67. The SMILES string of the molecule is O=C(NCCCN1CCCC1)c1cc(Cl)cc(Br)c1. The quantitative estimate of drug-likeness (QED) is 0.830. The molecule has 0 unspecified atom stereocenters. The molecular weight excluding hydrogens is 328 g/mol. The van der Waals surface area contributed by atoms with Gasteiger partial charge in [-0.05, 0) is 57.1 Å². The second kappa shape index (κ2) is 7.27. The third-order valence-electron chi connectivity index (χ3n) is 3.26. The van der Waals surface area contributed by atoms with E-state index in [1.807, 2.05) is 0 Å². The summed E-state index contributed by atoms with van der Waals surface area (Å²) >= 11 is 9.26. The summed E-state index contributed by atoms with van der Waals surface area (Å²) in [4.78, 5) is 14.4. The molecule has 1 amide bonds. The van der Waals surface area contributed by atoms with Crippen molar-refractivity contribution >= 4 is 33.4 Å². The summed E-state index contributed by atoms with van der Waals surface area (Å²) in [5, 5.41) is 3.50. The van der Waals surface area contributed by atoms with E-state index in [0.717, 1.165) is 17.4 Å². The van der Waals surface area contributed by atoms with Gasteiger partial charge in [0, 0.05) is 21.6 Å². The van der Waals surface area contributed by atoms with E-state index >= 15 is 0 Å². The van der Waals surface area contributed by atoms with Gasteiger partial charge in [-0.3, -0.25) is 4.79 Å². The third kappa shape index (κ3) is 4.79. The fraction of sp³-hybridized carbons (Fsp3) is 0.500. The highest BCUT2D eigenvalue weighted by atomic mass is 79.9. The zero-order valence-electron chi connectivity index (χ0n) is 10.8. The molecule has 5 heteroatoms. The minimum Gasteiger partial charge on any atom is -0.352 e. The van der Waals surface area contributed by atoms with Crippen LogP contribution in [0.1, 0.15) is 29.6 Å². The second-order valence-electron chi connectivity index (χ2n) is 4.82. The van der Waals surface area contributed by atoms with Crippen molar-refractivity contribution in [1.29, 1.82) is 0 Å². The maximum Gasteiger partial charge on any atom is 0.251 e. The van der Waals surface area contributed by atoms with Gasteiger partial charge >= 0.3 is 0 Å². The molecule has 1 aliphatic rings. The van der Waals surface area contributed by atoms with Crippen LogP contribution in [0.25, 0.3) is 0 Å². The number of nitrogens with one attached hydrogen (secondary N) is 1. The molecule has 2 rings (SSSR count). The number of nitrogens with zero attached hydrogens (tertiary/aromatic N) is 1. The van der Waals surface area contributed by atoms with E-state index in [4.69, 9.17) is 11.6 Å². The molecule has 1 aliphatic heterocycles. The molecule has 104 valence electrons. The van der Waals surface area contributed by atoms with Crippen LogP contribution in [0.3, 0.4) is 0 Å². The molecule has 1 aromatic rings. The Morgan fingerprint density at radius 1 is 1.32 bits per heavy atom. The molecule has 1 N–H and O–H groups in total. The first-order chi connectivity index (χ1) is 9.15. The topological polar surface area (TPSA) is 32.3 Å². The number of amides is 1. The van der Waals surface area contributed by atoms with Gasteiger partial charge in [0.25, 0.3) is 5.91 Å². The predicted octanol–water partition coefficient (Wildman–Crippen LogP) is 3.32. The van der Waals surface area contributed by atoms with Crippen molar-refractivity contribution in [2.75, 3.05) is 26.2 Å². The van der Waals surface area contributed by atoms with E-state index in [-0.39, 0.29) is 5.91 Å². The number of carbonyl (C=O) groups excluding carboxylic acids is 1. The minimum atomic E-state index is -0.0652. The Morgan fingerprint density at radius 3 is 2.74 bits per heavy atom. The summed E-state index contributed by atoms with van der Waals surface area (Å²) in [6.45, 7) is 4.18. The van der Waals surface area contributed by atoms with Crippen molar-refractivity contribution < 1.29 is 4.79 Å². The van der Waals surface area contributed by atoms with Crippen molar-refractivity contribution in [1.82, 2.24) is 10.2 Å². The molecule has 1 heterocycles. The van der Waals surface area contributed by atoms with E-state index in [0.29, 0.717) is 17.1 Å². The van der Waals surface area contributed by atoms with Crippen LogP contribution < -0.4 is 5.32 Å². The van der Waals surface area contributed by atoms with Gasteiger partial charge in [0.2, 0.25) is 0 Å². The van der Waals surface area contributed by atoms with Crippen molar-refractivity contribution in [2.45, 2.75) is 19.3 Å². The standard InChI is InChI=1S/C14H18BrClN2O/c15-12-8-11(9-13(16)10-12)14(19)17-4-3-7-18-5-1-2-6-18/h8-10H,1-7H2,(H,17,19). The van der Waals surface area contributed by atoms with Crippen LogP contribution >= 0.6 is 27.5 Å². The van der Waals surface area contributed by atoms with Gasteiger partial charge in [-0.25, -0.2) is 0 Å². The number of hydrogen-bond acceptors (Lipinski definition) is 2. The number of halogens is 2. The molecule has 0 saturated carbocycles. The zero-order valence-corrected chi connectivity index (χ0v) is 13.1. The van der Waals surface area contributed by atoms with Gasteiger partial charge in [-0.15, -0.1) is 0 Å². The second-order valence-corrected chi connectivity index (χ2v) is 6.17. The van der Waals surface area contributed by atoms with Crippen molar-refractivity contribution in [2.24, 2.45) is 0 Å². The molecule has 0 radical (unpaired) electrons. The average Bonchev–Trinajstić information content (AvgIpc) is 2.86. The number of likely N-dealkylation sites (tertiary alicyclic amines) is 1. The monoisotopic (exact) mass is 344 g/mol. The van der Waals surface area contributed by atoms with Crippen LogP contribution in [0.2, 0.25) is 5.02 Å². The lowest BCUT2D eigenvalue weighted by Crippen LogP contribution is -2.28.